The number of amides is 2. The number of thiophene rings is 1. The maximum atomic E-state index is 11.2. The maximum absolute atomic E-state index is 11.2. The average Bonchev–Trinajstić information content (AvgIpc) is 2.70. The Morgan fingerprint density at radius 3 is 2.93 bits per heavy atom. The molecule has 0 radical (unpaired) electrons. The van der Waals surface area contributed by atoms with Crippen molar-refractivity contribution in [1.82, 2.24) is 10.6 Å². The predicted octanol–water partition coefficient (Wildman–Crippen LogP) is 1.02. The third-order valence-corrected chi connectivity index (χ3v) is 4.10. The number of nitrogens with one attached hydrogen (secondary N) is 2. The molecule has 1 atom stereocenters. The molecule has 2 amide bonds. The fourth-order valence-corrected chi connectivity index (χ4v) is 2.83. The van der Waals surface area contributed by atoms with Crippen molar-refractivity contribution in [3.63, 3.8) is 0 Å². The molecule has 2 rings (SSSR count). The second-order valence-electron chi connectivity index (χ2n) is 3.24. The molecule has 1 aromatic rings. The zero-order chi connectivity index (χ0) is 10.8. The quantitative estimate of drug-likeness (QED) is 0.817. The highest BCUT2D eigenvalue weighted by Crippen LogP contribution is 2.22. The van der Waals surface area contributed by atoms with Crippen LogP contribution in [-0.2, 0) is 16.1 Å². The lowest BCUT2D eigenvalue weighted by Crippen LogP contribution is -2.35. The highest BCUT2D eigenvalue weighted by atomic mass is 79.9. The largest absolute Gasteiger partial charge is 0.300 e. The molecule has 6 heteroatoms. The normalized spacial score (nSPS) is 20.7. The van der Waals surface area contributed by atoms with Gasteiger partial charge in [0.25, 0.3) is 0 Å². The minimum atomic E-state index is -0.383. The van der Waals surface area contributed by atoms with E-state index in [1.807, 2.05) is 11.4 Å². The van der Waals surface area contributed by atoms with Crippen molar-refractivity contribution in [2.45, 2.75) is 19.0 Å². The van der Waals surface area contributed by atoms with Crippen LogP contribution in [-0.4, -0.2) is 17.9 Å². The van der Waals surface area contributed by atoms with Crippen LogP contribution in [0.5, 0.6) is 0 Å². The van der Waals surface area contributed by atoms with Crippen LogP contribution in [0.3, 0.4) is 0 Å². The van der Waals surface area contributed by atoms with Gasteiger partial charge in [0.15, 0.2) is 0 Å². The Balaban J connectivity index is 1.91. The fraction of sp³-hybridized carbons (Fsp3) is 0.333. The van der Waals surface area contributed by atoms with Crippen molar-refractivity contribution in [2.75, 3.05) is 0 Å². The van der Waals surface area contributed by atoms with Gasteiger partial charge in [-0.1, -0.05) is 0 Å². The molecule has 1 saturated heterocycles. The summed E-state index contributed by atoms with van der Waals surface area (Å²) in [4.78, 5) is 23.3. The smallest absolute Gasteiger partial charge is 0.244 e. The van der Waals surface area contributed by atoms with Gasteiger partial charge in [-0.05, 0) is 27.4 Å². The van der Waals surface area contributed by atoms with Crippen molar-refractivity contribution < 1.29 is 9.59 Å². The van der Waals surface area contributed by atoms with Gasteiger partial charge in [-0.2, -0.15) is 0 Å². The molecular weight excluding hydrogens is 280 g/mol. The minimum Gasteiger partial charge on any atom is -0.300 e. The Labute approximate surface area is 99.2 Å². The molecule has 0 bridgehead atoms. The monoisotopic (exact) mass is 288 g/mol. The molecule has 0 aromatic carbocycles. The molecule has 0 saturated carbocycles. The molecule has 1 aromatic heterocycles. The summed E-state index contributed by atoms with van der Waals surface area (Å²) in [5.74, 6) is -0.435. The van der Waals surface area contributed by atoms with Crippen molar-refractivity contribution in [1.29, 1.82) is 0 Å². The zero-order valence-electron chi connectivity index (χ0n) is 7.75. The summed E-state index contributed by atoms with van der Waals surface area (Å²) in [6, 6.07) is 1.58. The van der Waals surface area contributed by atoms with E-state index in [9.17, 15) is 9.59 Å². The molecule has 1 aliphatic heterocycles. The van der Waals surface area contributed by atoms with Gasteiger partial charge in [-0.25, -0.2) is 0 Å². The Morgan fingerprint density at radius 2 is 2.40 bits per heavy atom. The minimum absolute atomic E-state index is 0.206. The van der Waals surface area contributed by atoms with E-state index in [0.717, 1.165) is 9.35 Å². The van der Waals surface area contributed by atoms with Gasteiger partial charge >= 0.3 is 0 Å². The third kappa shape index (κ3) is 2.45. The lowest BCUT2D eigenvalue weighted by Gasteiger charge is -2.07. The van der Waals surface area contributed by atoms with Crippen molar-refractivity contribution >= 4 is 39.1 Å². The Morgan fingerprint density at radius 1 is 1.60 bits per heavy atom. The van der Waals surface area contributed by atoms with Crippen LogP contribution in [0.2, 0.25) is 0 Å². The van der Waals surface area contributed by atoms with Crippen molar-refractivity contribution in [3.8, 4) is 0 Å². The van der Waals surface area contributed by atoms with E-state index in [4.69, 9.17) is 0 Å². The van der Waals surface area contributed by atoms with Gasteiger partial charge in [0.1, 0.15) is 0 Å². The van der Waals surface area contributed by atoms with Crippen molar-refractivity contribution in [2.24, 2.45) is 0 Å². The van der Waals surface area contributed by atoms with E-state index < -0.39 is 0 Å². The highest BCUT2D eigenvalue weighted by molar-refractivity contribution is 9.10. The average molecular weight is 289 g/mol. The standard InChI is InChI=1S/C9H9BrN2O2S/c10-5-1-2-15-7(5)4-11-6-3-8(13)12-9(6)14/h1-2,6,11H,3-4H2,(H,12,13,14). The summed E-state index contributed by atoms with van der Waals surface area (Å²) < 4.78 is 1.03. The molecule has 1 aliphatic rings. The predicted molar refractivity (Wildman–Crippen MR) is 60.4 cm³/mol. The third-order valence-electron chi connectivity index (χ3n) is 2.17. The molecule has 1 unspecified atom stereocenters. The van der Waals surface area contributed by atoms with E-state index in [0.29, 0.717) is 6.54 Å². The van der Waals surface area contributed by atoms with Gasteiger partial charge < -0.3 is 5.32 Å². The molecule has 4 nitrogen and oxygen atoms in total. The fourth-order valence-electron chi connectivity index (χ4n) is 1.39. The summed E-state index contributed by atoms with van der Waals surface area (Å²) in [5.41, 5.74) is 0. The van der Waals surface area contributed by atoms with Crippen LogP contribution in [0.4, 0.5) is 0 Å². The number of hydrogen-bond acceptors (Lipinski definition) is 4. The number of carbonyl (C=O) groups excluding carboxylic acids is 2. The van der Waals surface area contributed by atoms with Crippen LogP contribution in [0.1, 0.15) is 11.3 Å². The number of rotatable bonds is 3. The topological polar surface area (TPSA) is 58.2 Å². The van der Waals surface area contributed by atoms with Crippen LogP contribution in [0, 0.1) is 0 Å². The molecular formula is C9H9BrN2O2S. The van der Waals surface area contributed by atoms with Crippen LogP contribution < -0.4 is 10.6 Å². The van der Waals surface area contributed by atoms with E-state index in [-0.39, 0.29) is 24.3 Å². The zero-order valence-corrected chi connectivity index (χ0v) is 10.2. The SMILES string of the molecule is O=C1CC(NCc2sccc2Br)C(=O)N1. The first-order valence-electron chi connectivity index (χ1n) is 4.46. The number of carbonyl (C=O) groups is 2. The van der Waals surface area contributed by atoms with Crippen molar-refractivity contribution in [3.05, 3.63) is 20.8 Å². The van der Waals surface area contributed by atoms with Crippen LogP contribution in [0.25, 0.3) is 0 Å². The van der Waals surface area contributed by atoms with E-state index in [1.54, 1.807) is 11.3 Å². The van der Waals surface area contributed by atoms with Gasteiger partial charge in [0.05, 0.1) is 12.5 Å². The summed E-state index contributed by atoms with van der Waals surface area (Å²) in [6.07, 6.45) is 0.238. The first-order chi connectivity index (χ1) is 7.16. The van der Waals surface area contributed by atoms with E-state index in [1.165, 1.54) is 0 Å². The molecule has 0 spiro atoms. The Bertz CT molecular complexity index is 405. The number of halogens is 1. The van der Waals surface area contributed by atoms with Crippen LogP contribution >= 0.6 is 27.3 Å². The second-order valence-corrected chi connectivity index (χ2v) is 5.10. The molecule has 80 valence electrons. The second kappa shape index (κ2) is 4.42. The molecule has 2 N–H and O–H groups in total. The number of hydrogen-bond donors (Lipinski definition) is 2. The first-order valence-corrected chi connectivity index (χ1v) is 6.13. The lowest BCUT2D eigenvalue weighted by molar-refractivity contribution is -0.125. The van der Waals surface area contributed by atoms with Gasteiger partial charge in [-0.15, -0.1) is 11.3 Å². The Hall–Kier alpha value is -0.720. The first kappa shape index (κ1) is 10.8. The lowest BCUT2D eigenvalue weighted by atomic mass is 10.2. The molecule has 0 aliphatic carbocycles. The van der Waals surface area contributed by atoms with Gasteiger partial charge in [0, 0.05) is 15.9 Å². The van der Waals surface area contributed by atoms with Crippen LogP contribution in [0.15, 0.2) is 15.9 Å². The molecule has 2 heterocycles. The summed E-state index contributed by atoms with van der Waals surface area (Å²) >= 11 is 5.01. The Kier molecular flexibility index (Phi) is 3.18. The molecule has 15 heavy (non-hydrogen) atoms. The van der Waals surface area contributed by atoms with E-state index >= 15 is 0 Å². The maximum Gasteiger partial charge on any atom is 0.244 e. The molecule has 1 fully saturated rings. The summed E-state index contributed by atoms with van der Waals surface area (Å²) in [5, 5.41) is 7.29. The highest BCUT2D eigenvalue weighted by Gasteiger charge is 2.29. The summed E-state index contributed by atoms with van der Waals surface area (Å²) in [6.45, 7) is 0.601. The van der Waals surface area contributed by atoms with Gasteiger partial charge in [0.2, 0.25) is 11.8 Å². The number of imide groups is 1. The van der Waals surface area contributed by atoms with E-state index in [2.05, 4.69) is 26.6 Å². The van der Waals surface area contributed by atoms with Gasteiger partial charge in [-0.3, -0.25) is 14.9 Å². The summed E-state index contributed by atoms with van der Waals surface area (Å²) in [7, 11) is 0.